The second-order valence-electron chi connectivity index (χ2n) is 0.183. The molecule has 0 atom stereocenters. The smallest absolute Gasteiger partial charge is 1.00 e. The van der Waals surface area contributed by atoms with Crippen molar-refractivity contribution in [3.05, 3.63) is 0 Å². The minimum atomic E-state index is -0.250. The number of hydrogen-bond donors (Lipinski definition) is 2. The SMILES string of the molecule is NCO.[H-].[Na+]. The average Bonchev–Trinajstić information content (AvgIpc) is 0.918. The molecule has 0 fully saturated rings. The van der Waals surface area contributed by atoms with E-state index >= 15 is 0 Å². The number of hydrogen-bond acceptors (Lipinski definition) is 2. The Hall–Kier alpha value is 0.920. The summed E-state index contributed by atoms with van der Waals surface area (Å²) in [6, 6.07) is 0. The number of rotatable bonds is 0. The molecule has 0 radical (unpaired) electrons. The van der Waals surface area contributed by atoms with Gasteiger partial charge in [0.05, 0.1) is 6.73 Å². The Morgan fingerprint density at radius 3 is 2.00 bits per heavy atom. The molecular weight excluding hydrogens is 65.0 g/mol. The van der Waals surface area contributed by atoms with Crippen molar-refractivity contribution >= 4 is 0 Å². The summed E-state index contributed by atoms with van der Waals surface area (Å²) in [5, 5.41) is 7.35. The van der Waals surface area contributed by atoms with E-state index in [2.05, 4.69) is 5.73 Å². The first-order valence-corrected chi connectivity index (χ1v) is 0.724. The van der Waals surface area contributed by atoms with Crippen molar-refractivity contribution in [1.29, 1.82) is 0 Å². The van der Waals surface area contributed by atoms with Crippen LogP contribution in [0.1, 0.15) is 1.43 Å². The minimum absolute atomic E-state index is 0. The van der Waals surface area contributed by atoms with Crippen LogP contribution in [0.5, 0.6) is 0 Å². The summed E-state index contributed by atoms with van der Waals surface area (Å²) in [6.45, 7) is -0.250. The van der Waals surface area contributed by atoms with Crippen molar-refractivity contribution in [2.75, 3.05) is 6.73 Å². The summed E-state index contributed by atoms with van der Waals surface area (Å²) >= 11 is 0. The summed E-state index contributed by atoms with van der Waals surface area (Å²) < 4.78 is 0. The third kappa shape index (κ3) is 12.7. The molecule has 0 saturated heterocycles. The molecule has 0 unspecified atom stereocenters. The van der Waals surface area contributed by atoms with E-state index < -0.39 is 0 Å². The van der Waals surface area contributed by atoms with Gasteiger partial charge < -0.3 is 12.3 Å². The van der Waals surface area contributed by atoms with Crippen molar-refractivity contribution in [3.63, 3.8) is 0 Å². The van der Waals surface area contributed by atoms with Gasteiger partial charge in [0, 0.05) is 0 Å². The zero-order valence-electron chi connectivity index (χ0n) is 3.73. The molecule has 0 aliphatic carbocycles. The molecule has 0 aromatic rings. The topological polar surface area (TPSA) is 46.2 Å². The molecule has 0 heterocycles. The molecule has 0 aromatic heterocycles. The van der Waals surface area contributed by atoms with Crippen molar-refractivity contribution in [2.24, 2.45) is 5.73 Å². The fourth-order valence-corrected chi connectivity index (χ4v) is 0. The van der Waals surface area contributed by atoms with E-state index in [-0.39, 0.29) is 37.7 Å². The first-order valence-electron chi connectivity index (χ1n) is 0.724. The van der Waals surface area contributed by atoms with Crippen molar-refractivity contribution in [2.45, 2.75) is 0 Å². The largest absolute Gasteiger partial charge is 1.00 e. The van der Waals surface area contributed by atoms with E-state index in [1.165, 1.54) is 0 Å². The summed E-state index contributed by atoms with van der Waals surface area (Å²) in [4.78, 5) is 0. The van der Waals surface area contributed by atoms with E-state index in [1.807, 2.05) is 0 Å². The van der Waals surface area contributed by atoms with E-state index in [4.69, 9.17) is 5.11 Å². The Morgan fingerprint density at radius 2 is 2.00 bits per heavy atom. The number of aliphatic hydroxyl groups is 1. The van der Waals surface area contributed by atoms with Gasteiger partial charge in [0.15, 0.2) is 0 Å². The van der Waals surface area contributed by atoms with Gasteiger partial charge in [-0.1, -0.05) is 0 Å². The summed E-state index contributed by atoms with van der Waals surface area (Å²) in [5.41, 5.74) is 4.40. The van der Waals surface area contributed by atoms with Crippen LogP contribution in [0.25, 0.3) is 0 Å². The summed E-state index contributed by atoms with van der Waals surface area (Å²) in [7, 11) is 0. The Morgan fingerprint density at radius 1 is 2.00 bits per heavy atom. The van der Waals surface area contributed by atoms with Gasteiger partial charge in [-0.05, 0) is 0 Å². The summed E-state index contributed by atoms with van der Waals surface area (Å²) in [6.07, 6.45) is 0. The monoisotopic (exact) mass is 71.0 g/mol. The molecule has 3 N–H and O–H groups in total. The van der Waals surface area contributed by atoms with Crippen molar-refractivity contribution in [3.8, 4) is 0 Å². The third-order valence-corrected chi connectivity index (χ3v) is 0. The van der Waals surface area contributed by atoms with Gasteiger partial charge in [0.2, 0.25) is 0 Å². The molecule has 0 rings (SSSR count). The van der Waals surface area contributed by atoms with Gasteiger partial charge in [0.1, 0.15) is 0 Å². The zero-order valence-corrected chi connectivity index (χ0v) is 4.73. The maximum Gasteiger partial charge on any atom is 1.00 e. The van der Waals surface area contributed by atoms with Gasteiger partial charge in [-0.2, -0.15) is 0 Å². The van der Waals surface area contributed by atoms with Crippen LogP contribution in [0.15, 0.2) is 0 Å². The van der Waals surface area contributed by atoms with Crippen LogP contribution in [-0.2, 0) is 0 Å². The number of nitrogens with two attached hydrogens (primary N) is 1. The van der Waals surface area contributed by atoms with Crippen LogP contribution in [-0.4, -0.2) is 11.8 Å². The fraction of sp³-hybridized carbons (Fsp3) is 1.00. The maximum atomic E-state index is 7.35. The van der Waals surface area contributed by atoms with Crippen LogP contribution < -0.4 is 35.3 Å². The molecule has 0 aliphatic rings. The molecule has 0 spiro atoms. The van der Waals surface area contributed by atoms with Crippen molar-refractivity contribution < 1.29 is 36.1 Å². The van der Waals surface area contributed by atoms with Gasteiger partial charge in [0.25, 0.3) is 0 Å². The van der Waals surface area contributed by atoms with Gasteiger partial charge in [-0.15, -0.1) is 0 Å². The average molecular weight is 71.1 g/mol. The Balaban J connectivity index is -0.0000000200. The molecule has 0 aliphatic heterocycles. The second kappa shape index (κ2) is 9.07. The standard InChI is InChI=1S/CH5NO.Na.H/c2-1-3;;/h3H,1-2H2;;/q;+1;-1. The predicted molar refractivity (Wildman–Crippen MR) is 12.4 cm³/mol. The van der Waals surface area contributed by atoms with Crippen LogP contribution in [0, 0.1) is 0 Å². The van der Waals surface area contributed by atoms with Crippen LogP contribution in [0.3, 0.4) is 0 Å². The Kier molecular flexibility index (Phi) is 20.1. The molecule has 0 amide bonds. The molecule has 0 bridgehead atoms. The zero-order chi connectivity index (χ0) is 2.71. The van der Waals surface area contributed by atoms with Crippen LogP contribution >= 0.6 is 0 Å². The second-order valence-corrected chi connectivity index (χ2v) is 0.183. The van der Waals surface area contributed by atoms with Gasteiger partial charge >= 0.3 is 29.6 Å². The molecular formula is CH6NNaO. The summed E-state index contributed by atoms with van der Waals surface area (Å²) in [5.74, 6) is 0. The third-order valence-electron chi connectivity index (χ3n) is 0. The predicted octanol–water partition coefficient (Wildman–Crippen LogP) is -3.99. The van der Waals surface area contributed by atoms with Gasteiger partial charge in [-0.25, -0.2) is 0 Å². The first-order chi connectivity index (χ1) is 1.41. The van der Waals surface area contributed by atoms with Crippen LogP contribution in [0.4, 0.5) is 0 Å². The van der Waals surface area contributed by atoms with Crippen molar-refractivity contribution in [1.82, 2.24) is 0 Å². The van der Waals surface area contributed by atoms with E-state index in [9.17, 15) is 0 Å². The van der Waals surface area contributed by atoms with E-state index in [0.717, 1.165) is 0 Å². The number of aliphatic hydroxyl groups excluding tert-OH is 1. The molecule has 4 heavy (non-hydrogen) atoms. The first kappa shape index (κ1) is 8.87. The van der Waals surface area contributed by atoms with Crippen LogP contribution in [0.2, 0.25) is 0 Å². The molecule has 22 valence electrons. The fourth-order valence-electron chi connectivity index (χ4n) is 0. The van der Waals surface area contributed by atoms with E-state index in [1.54, 1.807) is 0 Å². The molecule has 0 saturated carbocycles. The molecule has 2 nitrogen and oxygen atoms in total. The van der Waals surface area contributed by atoms with Gasteiger partial charge in [-0.3, -0.25) is 0 Å². The Bertz CT molecular complexity index is 11.6. The maximum absolute atomic E-state index is 7.35. The molecule has 3 heteroatoms. The minimum Gasteiger partial charge on any atom is -1.00 e. The Labute approximate surface area is 48.8 Å². The quantitative estimate of drug-likeness (QED) is 0.226. The van der Waals surface area contributed by atoms with E-state index in [0.29, 0.717) is 0 Å². The molecule has 0 aromatic carbocycles. The normalized spacial score (nSPS) is 4.50.